The molecule has 0 saturated heterocycles. The van der Waals surface area contributed by atoms with Gasteiger partial charge >= 0.3 is 6.16 Å². The summed E-state index contributed by atoms with van der Waals surface area (Å²) in [5, 5.41) is 0. The zero-order valence-corrected chi connectivity index (χ0v) is 16.9. The maximum Gasteiger partial charge on any atom is 0.513 e. The van der Waals surface area contributed by atoms with Gasteiger partial charge in [0, 0.05) is 10.0 Å². The van der Waals surface area contributed by atoms with Gasteiger partial charge in [0.05, 0.1) is 11.6 Å². The third kappa shape index (κ3) is 4.51. The molecule has 2 aromatic carbocycles. The molecule has 0 atom stereocenters. The molecule has 0 saturated carbocycles. The summed E-state index contributed by atoms with van der Waals surface area (Å²) in [6, 6.07) is 9.41. The second kappa shape index (κ2) is 8.53. The molecule has 0 aliphatic carbocycles. The van der Waals surface area contributed by atoms with E-state index >= 15 is 0 Å². The lowest BCUT2D eigenvalue weighted by Gasteiger charge is -2.15. The Hall–Kier alpha value is -1.53. The molecule has 6 heteroatoms. The van der Waals surface area contributed by atoms with Gasteiger partial charge in [-0.25, -0.2) is 4.79 Å². The molecule has 0 heterocycles. The van der Waals surface area contributed by atoms with Crippen molar-refractivity contribution in [2.45, 2.75) is 26.9 Å². The van der Waals surface area contributed by atoms with Crippen LogP contribution in [0.4, 0.5) is 4.79 Å². The van der Waals surface area contributed by atoms with Crippen LogP contribution in [0.3, 0.4) is 0 Å². The van der Waals surface area contributed by atoms with Gasteiger partial charge in [0.2, 0.25) is 0 Å². The maximum atomic E-state index is 11.4. The first-order valence-corrected chi connectivity index (χ1v) is 8.99. The Labute approximate surface area is 158 Å². The normalized spacial score (nSPS) is 10.4. The molecule has 2 rings (SSSR count). The van der Waals surface area contributed by atoms with Crippen molar-refractivity contribution in [2.75, 3.05) is 7.11 Å². The molecule has 0 unspecified atom stereocenters. The Morgan fingerprint density at radius 2 is 1.88 bits per heavy atom. The van der Waals surface area contributed by atoms with E-state index in [1.807, 2.05) is 12.1 Å². The summed E-state index contributed by atoms with van der Waals surface area (Å²) < 4.78 is 17.3. The highest BCUT2D eigenvalue weighted by Crippen LogP contribution is 2.32. The lowest BCUT2D eigenvalue weighted by molar-refractivity contribution is 0.120. The molecular formula is C18H18Br2O4. The Bertz CT molecular complexity index is 744. The van der Waals surface area contributed by atoms with E-state index in [1.165, 1.54) is 18.2 Å². The van der Waals surface area contributed by atoms with Gasteiger partial charge in [-0.3, -0.25) is 0 Å². The summed E-state index contributed by atoms with van der Waals surface area (Å²) in [5.74, 6) is 1.14. The smallest absolute Gasteiger partial charge is 0.488 e. The molecule has 2 aromatic rings. The molecule has 0 spiro atoms. The minimum Gasteiger partial charge on any atom is -0.488 e. The highest BCUT2D eigenvalue weighted by Gasteiger charge is 2.14. The average Bonchev–Trinajstić information content (AvgIpc) is 2.56. The lowest BCUT2D eigenvalue weighted by atomic mass is 10.1. The molecule has 0 aromatic heterocycles. The van der Waals surface area contributed by atoms with Crippen LogP contribution >= 0.6 is 31.9 Å². The molecule has 0 aliphatic heterocycles. The van der Waals surface area contributed by atoms with E-state index in [1.54, 1.807) is 12.1 Å². The van der Waals surface area contributed by atoms with Crippen molar-refractivity contribution in [3.63, 3.8) is 0 Å². The molecule has 0 N–H and O–H groups in total. The van der Waals surface area contributed by atoms with Gasteiger partial charge < -0.3 is 14.2 Å². The Balaban J connectivity index is 2.23. The zero-order valence-electron chi connectivity index (χ0n) is 13.7. The monoisotopic (exact) mass is 456 g/mol. The van der Waals surface area contributed by atoms with Crippen LogP contribution in [0.5, 0.6) is 11.5 Å². The largest absolute Gasteiger partial charge is 0.513 e. The predicted octanol–water partition coefficient (Wildman–Crippen LogP) is 5.81. The van der Waals surface area contributed by atoms with Gasteiger partial charge in [0.15, 0.2) is 0 Å². The third-order valence-electron chi connectivity index (χ3n) is 3.58. The van der Waals surface area contributed by atoms with Gasteiger partial charge in [-0.15, -0.1) is 0 Å². The minimum absolute atomic E-state index is 0.247. The van der Waals surface area contributed by atoms with Gasteiger partial charge in [0.25, 0.3) is 0 Å². The summed E-state index contributed by atoms with van der Waals surface area (Å²) in [6.07, 6.45) is 0.199. The van der Waals surface area contributed by atoms with Gasteiger partial charge in [-0.2, -0.15) is 0 Å². The second-order valence-corrected chi connectivity index (χ2v) is 6.83. The van der Waals surface area contributed by atoms with Crippen LogP contribution in [0.15, 0.2) is 39.3 Å². The van der Waals surface area contributed by atoms with Gasteiger partial charge in [-0.05, 0) is 64.7 Å². The molecule has 4 nitrogen and oxygen atoms in total. The number of hydrogen-bond acceptors (Lipinski definition) is 4. The molecule has 0 amide bonds. The van der Waals surface area contributed by atoms with E-state index in [0.29, 0.717) is 5.75 Å². The highest BCUT2D eigenvalue weighted by molar-refractivity contribution is 9.10. The number of benzene rings is 2. The summed E-state index contributed by atoms with van der Waals surface area (Å²) in [4.78, 5) is 11.4. The van der Waals surface area contributed by atoms with Gasteiger partial charge in [0.1, 0.15) is 18.1 Å². The summed E-state index contributed by atoms with van der Waals surface area (Å²) in [7, 11) is 1.27. The van der Waals surface area contributed by atoms with E-state index in [4.69, 9.17) is 9.47 Å². The number of hydrogen-bond donors (Lipinski definition) is 0. The fraction of sp³-hybridized carbons (Fsp3) is 0.278. The summed E-state index contributed by atoms with van der Waals surface area (Å²) in [6.45, 7) is 4.42. The summed E-state index contributed by atoms with van der Waals surface area (Å²) in [5.41, 5.74) is 3.17. The van der Waals surface area contributed by atoms with Crippen LogP contribution in [0.2, 0.25) is 0 Å². The fourth-order valence-corrected chi connectivity index (χ4v) is 3.21. The number of carbonyl (C=O) groups is 1. The van der Waals surface area contributed by atoms with E-state index in [0.717, 1.165) is 26.7 Å². The fourth-order valence-electron chi connectivity index (χ4n) is 2.24. The number of methoxy groups -OCH3 is 1. The third-order valence-corrected chi connectivity index (χ3v) is 4.94. The standard InChI is InChI=1S/C18H18Br2O4/c1-4-12-9-15(20)17(8-11(12)2)23-10-13-14(19)6-5-7-16(13)24-18(21)22-3/h5-9H,4,10H2,1-3H3. The molecule has 128 valence electrons. The highest BCUT2D eigenvalue weighted by atomic mass is 79.9. The number of ether oxygens (including phenoxy) is 3. The van der Waals surface area contributed by atoms with Crippen LogP contribution in [0.1, 0.15) is 23.6 Å². The topological polar surface area (TPSA) is 44.8 Å². The van der Waals surface area contributed by atoms with Crippen LogP contribution in [0, 0.1) is 6.92 Å². The van der Waals surface area contributed by atoms with Crippen molar-refractivity contribution in [3.05, 3.63) is 56.0 Å². The van der Waals surface area contributed by atoms with Crippen molar-refractivity contribution in [3.8, 4) is 11.5 Å². The minimum atomic E-state index is -0.765. The van der Waals surface area contributed by atoms with E-state index in [9.17, 15) is 4.79 Å². The van der Waals surface area contributed by atoms with Crippen molar-refractivity contribution >= 4 is 38.0 Å². The first-order chi connectivity index (χ1) is 11.5. The van der Waals surface area contributed by atoms with Crippen molar-refractivity contribution in [1.82, 2.24) is 0 Å². The molecular weight excluding hydrogens is 440 g/mol. The number of halogens is 2. The molecule has 0 bridgehead atoms. The maximum absolute atomic E-state index is 11.4. The average molecular weight is 458 g/mol. The van der Waals surface area contributed by atoms with E-state index in [-0.39, 0.29) is 6.61 Å². The van der Waals surface area contributed by atoms with Crippen LogP contribution < -0.4 is 9.47 Å². The Morgan fingerprint density at radius 3 is 2.54 bits per heavy atom. The molecule has 0 aliphatic rings. The molecule has 0 fully saturated rings. The Morgan fingerprint density at radius 1 is 1.12 bits per heavy atom. The Kier molecular flexibility index (Phi) is 6.69. The van der Waals surface area contributed by atoms with Crippen molar-refractivity contribution in [2.24, 2.45) is 0 Å². The molecule has 24 heavy (non-hydrogen) atoms. The molecule has 0 radical (unpaired) electrons. The first-order valence-electron chi connectivity index (χ1n) is 7.41. The predicted molar refractivity (Wildman–Crippen MR) is 99.8 cm³/mol. The van der Waals surface area contributed by atoms with Crippen LogP contribution in [0.25, 0.3) is 0 Å². The SMILES string of the molecule is CCc1cc(Br)c(OCc2c(Br)cccc2OC(=O)OC)cc1C. The number of carbonyl (C=O) groups excluding carboxylic acids is 1. The number of rotatable bonds is 5. The van der Waals surface area contributed by atoms with Crippen LogP contribution in [-0.2, 0) is 17.8 Å². The van der Waals surface area contributed by atoms with Crippen molar-refractivity contribution in [1.29, 1.82) is 0 Å². The van der Waals surface area contributed by atoms with E-state index < -0.39 is 6.16 Å². The second-order valence-electron chi connectivity index (χ2n) is 5.12. The quantitative estimate of drug-likeness (QED) is 0.420. The van der Waals surface area contributed by atoms with E-state index in [2.05, 4.69) is 56.5 Å². The number of aryl methyl sites for hydroxylation is 2. The van der Waals surface area contributed by atoms with Gasteiger partial charge in [-0.1, -0.05) is 28.9 Å². The van der Waals surface area contributed by atoms with Crippen LogP contribution in [-0.4, -0.2) is 13.3 Å². The lowest BCUT2D eigenvalue weighted by Crippen LogP contribution is -2.10. The summed E-state index contributed by atoms with van der Waals surface area (Å²) >= 11 is 7.01. The van der Waals surface area contributed by atoms with Crippen molar-refractivity contribution < 1.29 is 19.0 Å². The first kappa shape index (κ1) is 18.8. The zero-order chi connectivity index (χ0) is 17.7.